The number of benzene rings is 2. The number of nitrogens with zero attached hydrogens (tertiary/aromatic N) is 7. The van der Waals surface area contributed by atoms with Crippen molar-refractivity contribution in [2.24, 2.45) is 0 Å². The molecule has 0 aliphatic rings. The smallest absolute Gasteiger partial charge is 0.355 e. The first-order valence-electron chi connectivity index (χ1n) is 24.4. The molecule has 28 heteroatoms. The van der Waals surface area contributed by atoms with Gasteiger partial charge in [-0.2, -0.15) is 39.5 Å². The Morgan fingerprint density at radius 2 is 0.879 bits per heavy atom. The number of alkyl halides is 9. The van der Waals surface area contributed by atoms with Gasteiger partial charge in [-0.15, -0.1) is 0 Å². The number of halogens is 9. The van der Waals surface area contributed by atoms with E-state index >= 15 is 0 Å². The Kier molecular flexibility index (Phi) is 40.7. The van der Waals surface area contributed by atoms with Crippen LogP contribution in [0.3, 0.4) is 0 Å². The van der Waals surface area contributed by atoms with Gasteiger partial charge in [0.2, 0.25) is 0 Å². The third-order valence-corrected chi connectivity index (χ3v) is 11.2. The van der Waals surface area contributed by atoms with Crippen molar-refractivity contribution in [2.45, 2.75) is 98.2 Å². The van der Waals surface area contributed by atoms with Gasteiger partial charge in [0.05, 0.1) is 55.8 Å². The minimum atomic E-state index is -4.65. The van der Waals surface area contributed by atoms with Crippen LogP contribution in [0.15, 0.2) is 122 Å². The second-order valence-corrected chi connectivity index (χ2v) is 16.8. The molecule has 6 aromatic heterocycles. The number of pyridine rings is 5. The summed E-state index contributed by atoms with van der Waals surface area (Å²) in [5, 5.41) is 16.9. The molecule has 0 atom stereocenters. The number of carbonyl (C=O) groups excluding carboxylic acids is 6. The fourth-order valence-electron chi connectivity index (χ4n) is 7.29. The summed E-state index contributed by atoms with van der Waals surface area (Å²) < 4.78 is 112. The maximum Gasteiger partial charge on any atom is 0.434 e. The van der Waals surface area contributed by atoms with Crippen molar-refractivity contribution in [3.63, 3.8) is 0 Å². The highest BCUT2D eigenvalue weighted by molar-refractivity contribution is 6.06. The summed E-state index contributed by atoms with van der Waals surface area (Å²) in [5.74, 6) is -2.75. The lowest BCUT2D eigenvalue weighted by atomic mass is 10.0. The van der Waals surface area contributed by atoms with Crippen molar-refractivity contribution < 1.29 is 68.3 Å². The molecule has 19 nitrogen and oxygen atoms in total. The Morgan fingerprint density at radius 1 is 0.407 bits per heavy atom. The van der Waals surface area contributed by atoms with E-state index < -0.39 is 69.8 Å². The van der Waals surface area contributed by atoms with E-state index in [1.165, 1.54) is 35.0 Å². The number of amides is 6. The summed E-state index contributed by atoms with van der Waals surface area (Å²) in [6.07, 6.45) is -5.28. The monoisotopic (exact) mass is 1290 g/mol. The zero-order valence-electron chi connectivity index (χ0n) is 46.5. The highest BCUT2D eigenvalue weighted by atomic mass is 19.4. The van der Waals surface area contributed by atoms with Gasteiger partial charge in [0.1, 0.15) is 12.0 Å². The van der Waals surface area contributed by atoms with Gasteiger partial charge in [-0.1, -0.05) is 94.5 Å². The third-order valence-electron chi connectivity index (χ3n) is 11.2. The molecule has 0 spiro atoms. The molecule has 6 N–H and O–H groups in total. The Hall–Kier alpha value is -10.0. The average molecular weight is 1290 g/mol. The fourth-order valence-corrected chi connectivity index (χ4v) is 7.29. The van der Waals surface area contributed by atoms with E-state index in [2.05, 4.69) is 66.8 Å². The number of hydrogen-bond acceptors (Lipinski definition) is 13. The molecule has 6 heterocycles. The van der Waals surface area contributed by atoms with E-state index in [0.29, 0.717) is 16.8 Å². The molecule has 0 aliphatic carbocycles. The number of para-hydroxylation sites is 1. The molecule has 91 heavy (non-hydrogen) atoms. The van der Waals surface area contributed by atoms with E-state index in [1.807, 2.05) is 74.5 Å². The van der Waals surface area contributed by atoms with Crippen LogP contribution in [-0.2, 0) is 18.5 Å². The molecular weight excluding hydrogens is 1210 g/mol. The van der Waals surface area contributed by atoms with Gasteiger partial charge in [0, 0.05) is 95.9 Å². The quantitative estimate of drug-likeness (QED) is 0.0847. The van der Waals surface area contributed by atoms with Gasteiger partial charge in [-0.3, -0.25) is 53.7 Å². The van der Waals surface area contributed by atoms with Crippen molar-refractivity contribution in [3.8, 4) is 0 Å². The van der Waals surface area contributed by atoms with E-state index in [-0.39, 0.29) is 81.1 Å². The van der Waals surface area contributed by atoms with Crippen LogP contribution in [0.4, 0.5) is 39.5 Å². The highest BCUT2D eigenvalue weighted by Crippen LogP contribution is 2.34. The molecule has 0 bridgehead atoms. The first-order valence-corrected chi connectivity index (χ1v) is 24.4. The Balaban J connectivity index is -0.000000321. The van der Waals surface area contributed by atoms with Crippen LogP contribution >= 0.6 is 0 Å². The van der Waals surface area contributed by atoms with Gasteiger partial charge >= 0.3 is 18.5 Å². The van der Waals surface area contributed by atoms with Crippen LogP contribution in [0.2, 0.25) is 0 Å². The van der Waals surface area contributed by atoms with Gasteiger partial charge in [0.15, 0.2) is 5.69 Å². The number of aromatic nitrogens is 7. The predicted molar refractivity (Wildman–Crippen MR) is 340 cm³/mol. The number of hydrogen-bond donors (Lipinski definition) is 6. The van der Waals surface area contributed by atoms with Crippen molar-refractivity contribution in [2.75, 3.05) is 42.3 Å². The first kappa shape index (κ1) is 89.7. The molecule has 0 fully saturated rings. The fraction of sp³-hybridized carbons (Fsp3) is 0.317. The molecule has 6 amide bonds. The van der Waals surface area contributed by atoms with Crippen LogP contribution in [0, 0.1) is 27.7 Å². The molecule has 0 unspecified atom stereocenters. The molecule has 0 saturated heterocycles. The van der Waals surface area contributed by atoms with Crippen molar-refractivity contribution in [1.29, 1.82) is 0 Å². The van der Waals surface area contributed by atoms with Crippen LogP contribution in [0.25, 0.3) is 21.7 Å². The Bertz CT molecular complexity index is 3410. The van der Waals surface area contributed by atoms with Crippen LogP contribution < -0.4 is 31.9 Å². The zero-order chi connectivity index (χ0) is 63.1. The lowest BCUT2D eigenvalue weighted by molar-refractivity contribution is -0.141. The minimum absolute atomic E-state index is 0. The zero-order valence-corrected chi connectivity index (χ0v) is 46.5. The Morgan fingerprint density at radius 3 is 1.41 bits per heavy atom. The second-order valence-electron chi connectivity index (χ2n) is 16.8. The normalized spacial score (nSPS) is 9.79. The molecule has 2 aromatic carbocycles. The molecular formula is C63H84F9N13O6. The van der Waals surface area contributed by atoms with E-state index in [1.54, 1.807) is 45.8 Å². The van der Waals surface area contributed by atoms with Crippen molar-refractivity contribution in [1.82, 2.24) is 66.8 Å². The average Bonchev–Trinajstić information content (AvgIpc) is 2.83. The SMILES string of the molecule is C.C.C.C.C.C.C.CNC(=O)c1c(C(F)(F)F)cc(C)nc1C.CNC(=O)c1c(C)ccnc1C.CNC(=O)c1ccnc2ccccc12.CNC(=O)c1cnccc1C(F)(F)F.CNC(=O)c1cncnc1C(F)(F)F.CNC(=O)c1nccc2ccccc12. The summed E-state index contributed by atoms with van der Waals surface area (Å²) in [6.45, 7) is 6.57. The topological polar surface area (TPSA) is 265 Å². The summed E-state index contributed by atoms with van der Waals surface area (Å²) in [6, 6.07) is 22.4. The molecule has 0 saturated carbocycles. The lowest BCUT2D eigenvalue weighted by Gasteiger charge is -2.14. The van der Waals surface area contributed by atoms with E-state index in [4.69, 9.17) is 0 Å². The maximum absolute atomic E-state index is 12.7. The van der Waals surface area contributed by atoms with Crippen molar-refractivity contribution in [3.05, 3.63) is 195 Å². The van der Waals surface area contributed by atoms with Crippen LogP contribution in [0.1, 0.15) is 154 Å². The summed E-state index contributed by atoms with van der Waals surface area (Å²) in [7, 11) is 8.62. The number of fused-ring (bicyclic) bond motifs is 2. The van der Waals surface area contributed by atoms with Gasteiger partial charge in [-0.25, -0.2) is 9.97 Å². The van der Waals surface area contributed by atoms with Crippen LogP contribution in [0.5, 0.6) is 0 Å². The second kappa shape index (κ2) is 41.2. The largest absolute Gasteiger partial charge is 0.434 e. The summed E-state index contributed by atoms with van der Waals surface area (Å²) in [4.78, 5) is 93.6. The predicted octanol–water partition coefficient (Wildman–Crippen LogP) is 13.1. The lowest BCUT2D eigenvalue weighted by Crippen LogP contribution is -2.24. The van der Waals surface area contributed by atoms with Crippen LogP contribution in [-0.4, -0.2) is 113 Å². The molecule has 0 aliphatic heterocycles. The standard InChI is InChI=1S/2C11H10N2O.C10H11F3N2O.C9H12N2O.C8H7F3N2O.C7H6F3N3O.7CH4/c1-12-11(14)9-6-7-13-10-5-3-2-4-8(9)10;1-12-11(14)10-9-5-3-2-4-8(9)6-7-13-10;1-5-4-7(10(11,12)13)8(6(2)15-5)9(16)14-3;1-6-4-5-11-7(2)8(6)9(12)10-3;1-12-7(14)5-4-13-3-2-6(5)8(9,10)11;1-11-6(14)4-2-12-3-13-5(4)7(8,9)10;;;;;;;/h2*2-7H,1H3,(H,12,14);4H,1-3H3,(H,14,16);4-5H,1-3H3,(H,10,12);2-4H,1H3,(H,12,14);2-3H,1H3,(H,11,14);7*1H4. The van der Waals surface area contributed by atoms with Gasteiger partial charge in [-0.05, 0) is 75.0 Å². The molecule has 8 rings (SSSR count). The number of carbonyl (C=O) groups is 6. The molecule has 500 valence electrons. The summed E-state index contributed by atoms with van der Waals surface area (Å²) in [5.41, 5.74) is 0.0822. The maximum atomic E-state index is 12.7. The number of rotatable bonds is 6. The minimum Gasteiger partial charge on any atom is -0.355 e. The summed E-state index contributed by atoms with van der Waals surface area (Å²) >= 11 is 0. The Labute approximate surface area is 526 Å². The number of aryl methyl sites for hydroxylation is 4. The van der Waals surface area contributed by atoms with Gasteiger partial charge in [0.25, 0.3) is 35.4 Å². The molecule has 8 aromatic rings. The van der Waals surface area contributed by atoms with E-state index in [9.17, 15) is 68.3 Å². The molecule has 0 radical (unpaired) electrons. The number of nitrogens with one attached hydrogen (secondary N) is 6. The van der Waals surface area contributed by atoms with Gasteiger partial charge < -0.3 is 31.9 Å². The highest BCUT2D eigenvalue weighted by Gasteiger charge is 2.38. The van der Waals surface area contributed by atoms with E-state index in [0.717, 1.165) is 70.0 Å². The van der Waals surface area contributed by atoms with Crippen molar-refractivity contribution >= 4 is 57.1 Å². The third kappa shape index (κ3) is 25.5. The first-order chi connectivity index (χ1) is 39.5.